The Balaban J connectivity index is 1.46. The molecule has 7 nitrogen and oxygen atoms in total. The fraction of sp³-hybridized carbons (Fsp3) is 0.444. The molecule has 2 fully saturated rings. The van der Waals surface area contributed by atoms with Gasteiger partial charge in [-0.25, -0.2) is 0 Å². The minimum atomic E-state index is -0.756. The van der Waals surface area contributed by atoms with Gasteiger partial charge in [0.15, 0.2) is 23.0 Å². The predicted molar refractivity (Wildman–Crippen MR) is 127 cm³/mol. The lowest BCUT2D eigenvalue weighted by Crippen LogP contribution is -2.56. The first-order valence-electron chi connectivity index (χ1n) is 11.8. The average Bonchev–Trinajstić information content (AvgIpc) is 3.34. The van der Waals surface area contributed by atoms with Gasteiger partial charge in [-0.2, -0.15) is 0 Å². The first-order valence-corrected chi connectivity index (χ1v) is 11.8. The molecule has 3 aliphatic rings. The Kier molecular flexibility index (Phi) is 6.13. The van der Waals surface area contributed by atoms with Crippen LogP contribution in [0, 0.1) is 5.92 Å². The van der Waals surface area contributed by atoms with Gasteiger partial charge in [-0.15, -0.1) is 0 Å². The summed E-state index contributed by atoms with van der Waals surface area (Å²) in [6, 6.07) is 11.2. The van der Waals surface area contributed by atoms with Crippen LogP contribution in [0.5, 0.6) is 23.0 Å². The number of rotatable bonds is 5. The van der Waals surface area contributed by atoms with Gasteiger partial charge < -0.3 is 29.0 Å². The summed E-state index contributed by atoms with van der Waals surface area (Å²) in [6.45, 7) is 0.711. The number of fused-ring (bicyclic) bond motifs is 2. The highest BCUT2D eigenvalue weighted by molar-refractivity contribution is 5.92. The summed E-state index contributed by atoms with van der Waals surface area (Å²) >= 11 is 0. The Morgan fingerprint density at radius 1 is 1.06 bits per heavy atom. The summed E-state index contributed by atoms with van der Waals surface area (Å²) in [5.74, 6) is 2.54. The molecule has 0 bridgehead atoms. The van der Waals surface area contributed by atoms with Crippen LogP contribution in [0.4, 0.5) is 0 Å². The molecule has 34 heavy (non-hydrogen) atoms. The fourth-order valence-electron chi connectivity index (χ4n) is 5.66. The lowest BCUT2D eigenvalue weighted by atomic mass is 9.66. The monoisotopic (exact) mass is 465 g/mol. The highest BCUT2D eigenvalue weighted by Gasteiger charge is 2.50. The molecule has 2 aliphatic heterocycles. The summed E-state index contributed by atoms with van der Waals surface area (Å²) in [4.78, 5) is 15.4. The molecule has 1 saturated heterocycles. The SMILES string of the molecule is COc1ccc([C@H]2[C@H]3CCCC[C@]3(O)CCN2C(=O)/C=C/c2ccc3c(c2)OCO3)cc1OC. The number of ether oxygens (including phenoxy) is 4. The summed E-state index contributed by atoms with van der Waals surface area (Å²) in [5, 5.41) is 11.5. The third kappa shape index (κ3) is 4.09. The van der Waals surface area contributed by atoms with Crippen LogP contribution in [0.25, 0.3) is 6.08 Å². The summed E-state index contributed by atoms with van der Waals surface area (Å²) < 4.78 is 21.8. The number of piperidine rings is 1. The largest absolute Gasteiger partial charge is 0.493 e. The molecular formula is C27H31NO6. The zero-order valence-electron chi connectivity index (χ0n) is 19.7. The van der Waals surface area contributed by atoms with Crippen molar-refractivity contribution in [2.24, 2.45) is 5.92 Å². The number of hydrogen-bond donors (Lipinski definition) is 1. The van der Waals surface area contributed by atoms with Crippen LogP contribution in [0.15, 0.2) is 42.5 Å². The van der Waals surface area contributed by atoms with Crippen molar-refractivity contribution in [2.45, 2.75) is 43.7 Å². The van der Waals surface area contributed by atoms with E-state index in [0.717, 1.165) is 36.8 Å². The van der Waals surface area contributed by atoms with E-state index in [2.05, 4.69) is 0 Å². The maximum atomic E-state index is 13.5. The normalized spacial score (nSPS) is 25.8. The number of hydrogen-bond acceptors (Lipinski definition) is 6. The quantitative estimate of drug-likeness (QED) is 0.662. The van der Waals surface area contributed by atoms with Gasteiger partial charge in [0.2, 0.25) is 12.7 Å². The van der Waals surface area contributed by atoms with Crippen molar-refractivity contribution in [3.05, 3.63) is 53.6 Å². The molecule has 180 valence electrons. The standard InChI is InChI=1S/C27H31NO6/c1-31-21-10-8-19(16-23(21)32-2)26-20-5-3-4-12-27(20,30)13-14-28(26)25(29)11-7-18-6-9-22-24(15-18)34-17-33-22/h6-11,15-16,20,26,30H,3-5,12-14,17H2,1-2H3/b11-7+/t20-,26+,27+/m1/s1. The van der Waals surface area contributed by atoms with Crippen LogP contribution in [0.1, 0.15) is 49.3 Å². The number of carbonyl (C=O) groups is 1. The summed E-state index contributed by atoms with van der Waals surface area (Å²) in [6.07, 6.45) is 7.72. The lowest BCUT2D eigenvalue weighted by Gasteiger charge is -2.52. The van der Waals surface area contributed by atoms with Gasteiger partial charge in [0, 0.05) is 18.5 Å². The number of amides is 1. The molecule has 1 amide bonds. The molecule has 2 aromatic carbocycles. The second-order valence-corrected chi connectivity index (χ2v) is 9.24. The Morgan fingerprint density at radius 3 is 2.71 bits per heavy atom. The second-order valence-electron chi connectivity index (χ2n) is 9.24. The van der Waals surface area contributed by atoms with Crippen LogP contribution in [0.3, 0.4) is 0 Å². The van der Waals surface area contributed by atoms with E-state index >= 15 is 0 Å². The zero-order chi connectivity index (χ0) is 23.7. The minimum Gasteiger partial charge on any atom is -0.493 e. The van der Waals surface area contributed by atoms with Crippen molar-refractivity contribution in [1.29, 1.82) is 0 Å². The molecule has 7 heteroatoms. The molecule has 0 radical (unpaired) electrons. The molecule has 1 aliphatic carbocycles. The Labute approximate surface area is 199 Å². The fourth-order valence-corrected chi connectivity index (χ4v) is 5.66. The average molecular weight is 466 g/mol. The number of nitrogens with zero attached hydrogens (tertiary/aromatic N) is 1. The molecule has 1 N–H and O–H groups in total. The van der Waals surface area contributed by atoms with Crippen LogP contribution in [0.2, 0.25) is 0 Å². The molecular weight excluding hydrogens is 434 g/mol. The van der Waals surface area contributed by atoms with E-state index in [9.17, 15) is 9.90 Å². The van der Waals surface area contributed by atoms with Crippen molar-refractivity contribution in [3.8, 4) is 23.0 Å². The maximum Gasteiger partial charge on any atom is 0.247 e. The van der Waals surface area contributed by atoms with Gasteiger partial charge >= 0.3 is 0 Å². The third-order valence-electron chi connectivity index (χ3n) is 7.41. The Morgan fingerprint density at radius 2 is 1.88 bits per heavy atom. The van der Waals surface area contributed by atoms with Gasteiger partial charge in [-0.05, 0) is 60.7 Å². The van der Waals surface area contributed by atoms with Crippen molar-refractivity contribution >= 4 is 12.0 Å². The van der Waals surface area contributed by atoms with Gasteiger partial charge in [0.1, 0.15) is 0 Å². The number of carbonyl (C=O) groups excluding carboxylic acids is 1. The maximum absolute atomic E-state index is 13.5. The number of benzene rings is 2. The lowest BCUT2D eigenvalue weighted by molar-refractivity contribution is -0.150. The predicted octanol–water partition coefficient (Wildman–Crippen LogP) is 4.34. The topological polar surface area (TPSA) is 77.5 Å². The summed E-state index contributed by atoms with van der Waals surface area (Å²) in [7, 11) is 3.21. The van der Waals surface area contributed by atoms with Gasteiger partial charge in [0.25, 0.3) is 0 Å². The zero-order valence-corrected chi connectivity index (χ0v) is 19.7. The molecule has 0 spiro atoms. The van der Waals surface area contributed by atoms with E-state index in [0.29, 0.717) is 36.0 Å². The van der Waals surface area contributed by atoms with E-state index in [1.165, 1.54) is 0 Å². The van der Waals surface area contributed by atoms with Crippen LogP contribution < -0.4 is 18.9 Å². The van der Waals surface area contributed by atoms with E-state index in [1.807, 2.05) is 41.3 Å². The number of aliphatic hydroxyl groups is 1. The van der Waals surface area contributed by atoms with Gasteiger partial charge in [-0.1, -0.05) is 25.0 Å². The highest BCUT2D eigenvalue weighted by atomic mass is 16.7. The van der Waals surface area contributed by atoms with Crippen LogP contribution in [-0.4, -0.2) is 49.1 Å². The summed E-state index contributed by atoms with van der Waals surface area (Å²) in [5.41, 5.74) is 1.06. The number of likely N-dealkylation sites (tertiary alicyclic amines) is 1. The van der Waals surface area contributed by atoms with Crippen LogP contribution in [-0.2, 0) is 4.79 Å². The van der Waals surface area contributed by atoms with Crippen molar-refractivity contribution in [3.63, 3.8) is 0 Å². The molecule has 5 rings (SSSR count). The first kappa shape index (κ1) is 22.6. The molecule has 2 aromatic rings. The Hall–Kier alpha value is -3.19. The van der Waals surface area contributed by atoms with E-state index in [-0.39, 0.29) is 24.7 Å². The van der Waals surface area contributed by atoms with Crippen molar-refractivity contribution < 1.29 is 28.8 Å². The van der Waals surface area contributed by atoms with E-state index in [1.54, 1.807) is 26.4 Å². The van der Waals surface area contributed by atoms with E-state index in [4.69, 9.17) is 18.9 Å². The molecule has 2 heterocycles. The van der Waals surface area contributed by atoms with Gasteiger partial charge in [-0.3, -0.25) is 4.79 Å². The van der Waals surface area contributed by atoms with Gasteiger partial charge in [0.05, 0.1) is 25.9 Å². The molecule has 0 unspecified atom stereocenters. The number of methoxy groups -OCH3 is 2. The third-order valence-corrected chi connectivity index (χ3v) is 7.41. The smallest absolute Gasteiger partial charge is 0.247 e. The highest BCUT2D eigenvalue weighted by Crippen LogP contribution is 2.50. The van der Waals surface area contributed by atoms with Crippen molar-refractivity contribution in [1.82, 2.24) is 4.90 Å². The first-order chi connectivity index (χ1) is 16.5. The second kappa shape index (κ2) is 9.22. The molecule has 3 atom stereocenters. The Bertz CT molecular complexity index is 1100. The minimum absolute atomic E-state index is 0.0315. The molecule has 1 saturated carbocycles. The van der Waals surface area contributed by atoms with Crippen LogP contribution >= 0.6 is 0 Å². The van der Waals surface area contributed by atoms with E-state index < -0.39 is 5.60 Å². The van der Waals surface area contributed by atoms with Crippen molar-refractivity contribution in [2.75, 3.05) is 27.6 Å². The molecule has 0 aromatic heterocycles.